The first-order valence-electron chi connectivity index (χ1n) is 3.90. The first-order chi connectivity index (χ1) is 6.33. The molecule has 68 valence electrons. The molecule has 0 aliphatic rings. The van der Waals surface area contributed by atoms with Crippen molar-refractivity contribution in [3.8, 4) is 17.6 Å². The van der Waals surface area contributed by atoms with Crippen molar-refractivity contribution in [2.24, 2.45) is 0 Å². The molecule has 0 saturated heterocycles. The van der Waals surface area contributed by atoms with E-state index in [4.69, 9.17) is 14.7 Å². The quantitative estimate of drug-likeness (QED) is 0.706. The standard InChI is InChI=1S/C10H11NO2/c1-12-9-4-3-5-10(13-2)8(9)6-7-11/h3-5H,6H2,1-2H3. The van der Waals surface area contributed by atoms with Crippen LogP contribution in [0.1, 0.15) is 5.56 Å². The Morgan fingerprint density at radius 2 is 1.77 bits per heavy atom. The number of nitrogens with zero attached hydrogens (tertiary/aromatic N) is 1. The van der Waals surface area contributed by atoms with E-state index in [0.717, 1.165) is 5.56 Å². The third-order valence-electron chi connectivity index (χ3n) is 1.79. The summed E-state index contributed by atoms with van der Waals surface area (Å²) < 4.78 is 10.2. The van der Waals surface area contributed by atoms with Crippen molar-refractivity contribution in [2.45, 2.75) is 6.42 Å². The van der Waals surface area contributed by atoms with Gasteiger partial charge >= 0.3 is 0 Å². The van der Waals surface area contributed by atoms with E-state index in [9.17, 15) is 0 Å². The van der Waals surface area contributed by atoms with Crippen LogP contribution >= 0.6 is 0 Å². The number of benzene rings is 1. The lowest BCUT2D eigenvalue weighted by Crippen LogP contribution is -1.95. The lowest BCUT2D eigenvalue weighted by atomic mass is 10.1. The van der Waals surface area contributed by atoms with Crippen LogP contribution in [0.3, 0.4) is 0 Å². The molecule has 0 atom stereocenters. The number of nitriles is 1. The molecule has 0 spiro atoms. The largest absolute Gasteiger partial charge is 0.496 e. The van der Waals surface area contributed by atoms with Gasteiger partial charge in [-0.1, -0.05) is 6.07 Å². The fourth-order valence-electron chi connectivity index (χ4n) is 1.18. The van der Waals surface area contributed by atoms with Gasteiger partial charge in [0.25, 0.3) is 0 Å². The predicted molar refractivity (Wildman–Crippen MR) is 48.9 cm³/mol. The van der Waals surface area contributed by atoms with Gasteiger partial charge in [-0.2, -0.15) is 5.26 Å². The molecule has 0 N–H and O–H groups in total. The average Bonchev–Trinajstić information content (AvgIpc) is 2.18. The van der Waals surface area contributed by atoms with E-state index in [1.165, 1.54) is 0 Å². The summed E-state index contributed by atoms with van der Waals surface area (Å²) in [6.45, 7) is 0. The summed E-state index contributed by atoms with van der Waals surface area (Å²) in [5.74, 6) is 1.39. The zero-order chi connectivity index (χ0) is 9.68. The molecule has 0 saturated carbocycles. The van der Waals surface area contributed by atoms with Gasteiger partial charge in [0.2, 0.25) is 0 Å². The van der Waals surface area contributed by atoms with Crippen molar-refractivity contribution in [1.82, 2.24) is 0 Å². The first kappa shape index (κ1) is 9.40. The van der Waals surface area contributed by atoms with E-state index in [1.807, 2.05) is 18.2 Å². The summed E-state index contributed by atoms with van der Waals surface area (Å²) in [5, 5.41) is 8.60. The van der Waals surface area contributed by atoms with Gasteiger partial charge in [0.05, 0.1) is 32.3 Å². The lowest BCUT2D eigenvalue weighted by Gasteiger charge is -2.09. The molecule has 0 bridgehead atoms. The van der Waals surface area contributed by atoms with Crippen LogP contribution in [0.4, 0.5) is 0 Å². The summed E-state index contributed by atoms with van der Waals surface area (Å²) in [5.41, 5.74) is 0.801. The molecule has 1 rings (SSSR count). The van der Waals surface area contributed by atoms with Crippen LogP contribution in [0.25, 0.3) is 0 Å². The van der Waals surface area contributed by atoms with Crippen molar-refractivity contribution < 1.29 is 9.47 Å². The second-order valence-electron chi connectivity index (χ2n) is 2.48. The van der Waals surface area contributed by atoms with Gasteiger partial charge in [-0.05, 0) is 12.1 Å². The molecule has 1 aromatic rings. The van der Waals surface area contributed by atoms with Crippen molar-refractivity contribution in [1.29, 1.82) is 5.26 Å². The molecule has 0 aliphatic carbocycles. The molecule has 0 aliphatic heterocycles. The number of methoxy groups -OCH3 is 2. The van der Waals surface area contributed by atoms with E-state index >= 15 is 0 Å². The zero-order valence-electron chi connectivity index (χ0n) is 7.70. The highest BCUT2D eigenvalue weighted by Crippen LogP contribution is 2.28. The van der Waals surface area contributed by atoms with Crippen LogP contribution in [0.5, 0.6) is 11.5 Å². The van der Waals surface area contributed by atoms with Crippen LogP contribution < -0.4 is 9.47 Å². The average molecular weight is 177 g/mol. The maximum atomic E-state index is 8.60. The first-order valence-corrected chi connectivity index (χ1v) is 3.90. The highest BCUT2D eigenvalue weighted by atomic mass is 16.5. The normalized spacial score (nSPS) is 9.00. The van der Waals surface area contributed by atoms with E-state index in [1.54, 1.807) is 14.2 Å². The Hall–Kier alpha value is -1.69. The molecule has 0 fully saturated rings. The van der Waals surface area contributed by atoms with Gasteiger partial charge in [0, 0.05) is 0 Å². The number of hydrogen-bond donors (Lipinski definition) is 0. The molecule has 13 heavy (non-hydrogen) atoms. The minimum atomic E-state index is 0.299. The Morgan fingerprint density at radius 3 is 2.15 bits per heavy atom. The second kappa shape index (κ2) is 4.36. The fourth-order valence-corrected chi connectivity index (χ4v) is 1.18. The van der Waals surface area contributed by atoms with E-state index < -0.39 is 0 Å². The minimum Gasteiger partial charge on any atom is -0.496 e. The van der Waals surface area contributed by atoms with Crippen molar-refractivity contribution in [3.05, 3.63) is 23.8 Å². The highest BCUT2D eigenvalue weighted by molar-refractivity contribution is 5.46. The summed E-state index contributed by atoms with van der Waals surface area (Å²) in [6, 6.07) is 7.53. The number of rotatable bonds is 3. The number of ether oxygens (including phenoxy) is 2. The Kier molecular flexibility index (Phi) is 3.15. The molecule has 0 unspecified atom stereocenters. The highest BCUT2D eigenvalue weighted by Gasteiger charge is 2.07. The fraction of sp³-hybridized carbons (Fsp3) is 0.300. The van der Waals surface area contributed by atoms with Crippen LogP contribution in [0.2, 0.25) is 0 Å². The summed E-state index contributed by atoms with van der Waals surface area (Å²) >= 11 is 0. The molecule has 3 heteroatoms. The minimum absolute atomic E-state index is 0.299. The molecular formula is C10H11NO2. The van der Waals surface area contributed by atoms with Crippen LogP contribution in [0.15, 0.2) is 18.2 Å². The Balaban J connectivity index is 3.14. The van der Waals surface area contributed by atoms with E-state index in [-0.39, 0.29) is 0 Å². The van der Waals surface area contributed by atoms with Gasteiger partial charge in [-0.3, -0.25) is 0 Å². The van der Waals surface area contributed by atoms with Gasteiger partial charge < -0.3 is 9.47 Å². The molecule has 3 nitrogen and oxygen atoms in total. The van der Waals surface area contributed by atoms with Gasteiger partial charge in [-0.25, -0.2) is 0 Å². The Labute approximate surface area is 77.5 Å². The second-order valence-corrected chi connectivity index (χ2v) is 2.48. The molecular weight excluding hydrogens is 166 g/mol. The molecule has 0 radical (unpaired) electrons. The predicted octanol–water partition coefficient (Wildman–Crippen LogP) is 1.77. The smallest absolute Gasteiger partial charge is 0.126 e. The SMILES string of the molecule is COc1cccc(OC)c1CC#N. The zero-order valence-corrected chi connectivity index (χ0v) is 7.70. The number of hydrogen-bond acceptors (Lipinski definition) is 3. The Bertz CT molecular complexity index is 306. The van der Waals surface area contributed by atoms with Gasteiger partial charge in [0.1, 0.15) is 11.5 Å². The van der Waals surface area contributed by atoms with E-state index in [2.05, 4.69) is 6.07 Å². The summed E-state index contributed by atoms with van der Waals surface area (Å²) in [7, 11) is 3.16. The van der Waals surface area contributed by atoms with Gasteiger partial charge in [0.15, 0.2) is 0 Å². The van der Waals surface area contributed by atoms with Crippen LogP contribution in [0, 0.1) is 11.3 Å². The topological polar surface area (TPSA) is 42.2 Å². The molecule has 0 amide bonds. The lowest BCUT2D eigenvalue weighted by molar-refractivity contribution is 0.387. The Morgan fingerprint density at radius 1 is 1.23 bits per heavy atom. The molecule has 1 aromatic carbocycles. The van der Waals surface area contributed by atoms with E-state index in [0.29, 0.717) is 17.9 Å². The van der Waals surface area contributed by atoms with Crippen molar-refractivity contribution in [2.75, 3.05) is 14.2 Å². The monoisotopic (exact) mass is 177 g/mol. The van der Waals surface area contributed by atoms with Crippen LogP contribution in [-0.4, -0.2) is 14.2 Å². The summed E-state index contributed by atoms with van der Waals surface area (Å²) in [6.07, 6.45) is 0.299. The maximum Gasteiger partial charge on any atom is 0.126 e. The van der Waals surface area contributed by atoms with Crippen molar-refractivity contribution >= 4 is 0 Å². The summed E-state index contributed by atoms with van der Waals surface area (Å²) in [4.78, 5) is 0. The van der Waals surface area contributed by atoms with Crippen LogP contribution in [-0.2, 0) is 6.42 Å². The third kappa shape index (κ3) is 1.91. The maximum absolute atomic E-state index is 8.60. The van der Waals surface area contributed by atoms with Gasteiger partial charge in [-0.15, -0.1) is 0 Å². The molecule has 0 aromatic heterocycles. The molecule has 0 heterocycles. The third-order valence-corrected chi connectivity index (χ3v) is 1.79. The van der Waals surface area contributed by atoms with Crippen molar-refractivity contribution in [3.63, 3.8) is 0 Å².